The first-order valence-electron chi connectivity index (χ1n) is 8.78. The molecule has 2 heterocycles. The Morgan fingerprint density at radius 3 is 2.72 bits per heavy atom. The van der Waals surface area contributed by atoms with E-state index >= 15 is 0 Å². The fraction of sp³-hybridized carbons (Fsp3) is 0.238. The van der Waals surface area contributed by atoms with E-state index < -0.39 is 0 Å². The summed E-state index contributed by atoms with van der Waals surface area (Å²) in [6, 6.07) is 18.3. The van der Waals surface area contributed by atoms with Crippen LogP contribution in [0.5, 0.6) is 0 Å². The van der Waals surface area contributed by atoms with Gasteiger partial charge in [-0.05, 0) is 48.6 Å². The van der Waals surface area contributed by atoms with Crippen LogP contribution >= 0.6 is 0 Å². The highest BCUT2D eigenvalue weighted by Crippen LogP contribution is 2.27. The first kappa shape index (κ1) is 15.6. The van der Waals surface area contributed by atoms with Gasteiger partial charge in [-0.3, -0.25) is 4.79 Å². The van der Waals surface area contributed by atoms with Crippen LogP contribution in [0.2, 0.25) is 0 Å². The van der Waals surface area contributed by atoms with Crippen LogP contribution in [0, 0.1) is 0 Å². The van der Waals surface area contributed by atoms with Gasteiger partial charge in [-0.25, -0.2) is 4.68 Å². The molecule has 25 heavy (non-hydrogen) atoms. The quantitative estimate of drug-likeness (QED) is 0.729. The molecule has 0 N–H and O–H groups in total. The number of carbonyl (C=O) groups is 1. The molecule has 4 rings (SSSR count). The summed E-state index contributed by atoms with van der Waals surface area (Å²) in [5.41, 5.74) is 4.48. The Hall–Kier alpha value is -2.88. The van der Waals surface area contributed by atoms with E-state index in [-0.39, 0.29) is 5.91 Å². The van der Waals surface area contributed by atoms with Crippen molar-refractivity contribution >= 4 is 11.6 Å². The third-order valence-corrected chi connectivity index (χ3v) is 4.70. The van der Waals surface area contributed by atoms with Crippen molar-refractivity contribution in [3.63, 3.8) is 0 Å². The molecule has 1 aliphatic rings. The Morgan fingerprint density at radius 1 is 1.04 bits per heavy atom. The predicted octanol–water partition coefficient (Wildman–Crippen LogP) is 3.78. The van der Waals surface area contributed by atoms with Gasteiger partial charge in [0.25, 0.3) is 0 Å². The number of nitrogens with zero attached hydrogens (tertiary/aromatic N) is 3. The molecule has 1 aliphatic heterocycles. The number of amides is 1. The summed E-state index contributed by atoms with van der Waals surface area (Å²) >= 11 is 0. The molecule has 126 valence electrons. The van der Waals surface area contributed by atoms with E-state index in [2.05, 4.69) is 17.2 Å². The molecule has 0 bridgehead atoms. The minimum atomic E-state index is 0.194. The van der Waals surface area contributed by atoms with Crippen molar-refractivity contribution in [1.82, 2.24) is 9.78 Å². The van der Waals surface area contributed by atoms with Crippen molar-refractivity contribution < 1.29 is 4.79 Å². The molecule has 0 spiro atoms. The molecule has 1 amide bonds. The normalized spacial score (nSPS) is 13.5. The molecular formula is C21H21N3O. The van der Waals surface area contributed by atoms with Crippen LogP contribution in [-0.4, -0.2) is 22.2 Å². The van der Waals surface area contributed by atoms with Gasteiger partial charge in [0.15, 0.2) is 0 Å². The maximum atomic E-state index is 12.7. The molecule has 4 heteroatoms. The van der Waals surface area contributed by atoms with Gasteiger partial charge in [0, 0.05) is 24.8 Å². The third kappa shape index (κ3) is 3.33. The van der Waals surface area contributed by atoms with Crippen molar-refractivity contribution in [2.75, 3.05) is 11.4 Å². The summed E-state index contributed by atoms with van der Waals surface area (Å²) in [6.07, 6.45) is 7.18. The number of fused-ring (bicyclic) bond motifs is 1. The second-order valence-electron chi connectivity index (χ2n) is 6.41. The van der Waals surface area contributed by atoms with E-state index in [0.29, 0.717) is 12.8 Å². The average Bonchev–Trinajstić information content (AvgIpc) is 3.15. The fourth-order valence-corrected chi connectivity index (χ4v) is 3.39. The molecule has 1 aromatic heterocycles. The van der Waals surface area contributed by atoms with Gasteiger partial charge < -0.3 is 4.90 Å². The van der Waals surface area contributed by atoms with E-state index in [1.807, 2.05) is 64.4 Å². The molecule has 2 aromatic carbocycles. The number of aromatic nitrogens is 2. The molecule has 0 radical (unpaired) electrons. The lowest BCUT2D eigenvalue weighted by atomic mass is 10.0. The van der Waals surface area contributed by atoms with Crippen LogP contribution in [0.4, 0.5) is 5.69 Å². The van der Waals surface area contributed by atoms with Gasteiger partial charge in [-0.15, -0.1) is 0 Å². The van der Waals surface area contributed by atoms with Gasteiger partial charge in [0.1, 0.15) is 0 Å². The molecule has 3 aromatic rings. The van der Waals surface area contributed by atoms with Crippen molar-refractivity contribution in [3.05, 3.63) is 78.1 Å². The summed E-state index contributed by atoms with van der Waals surface area (Å²) in [5, 5.41) is 4.40. The standard InChI is InChI=1S/C21H21N3O/c25-21(23-14-6-8-18-7-4-5-11-20(18)23)13-12-17-15-22-24(16-17)19-9-2-1-3-10-19/h1-5,7,9-11,15-16H,6,8,12-14H2. The minimum absolute atomic E-state index is 0.194. The van der Waals surface area contributed by atoms with Gasteiger partial charge in [-0.2, -0.15) is 5.10 Å². The van der Waals surface area contributed by atoms with Gasteiger partial charge >= 0.3 is 0 Å². The Morgan fingerprint density at radius 2 is 1.84 bits per heavy atom. The van der Waals surface area contributed by atoms with Crippen molar-refractivity contribution in [3.8, 4) is 5.69 Å². The summed E-state index contributed by atoms with van der Waals surface area (Å²) in [4.78, 5) is 14.7. The van der Waals surface area contributed by atoms with Crippen LogP contribution in [0.3, 0.4) is 0 Å². The van der Waals surface area contributed by atoms with Crippen LogP contribution in [0.25, 0.3) is 5.69 Å². The fourth-order valence-electron chi connectivity index (χ4n) is 3.39. The van der Waals surface area contributed by atoms with E-state index in [4.69, 9.17) is 0 Å². The predicted molar refractivity (Wildman–Crippen MR) is 99.0 cm³/mol. The van der Waals surface area contributed by atoms with E-state index in [1.54, 1.807) is 0 Å². The molecule has 0 saturated carbocycles. The number of hydrogen-bond donors (Lipinski definition) is 0. The van der Waals surface area contributed by atoms with Crippen molar-refractivity contribution in [1.29, 1.82) is 0 Å². The van der Waals surface area contributed by atoms with Crippen molar-refractivity contribution in [2.45, 2.75) is 25.7 Å². The van der Waals surface area contributed by atoms with Gasteiger partial charge in [0.05, 0.1) is 11.9 Å². The zero-order chi connectivity index (χ0) is 17.1. The summed E-state index contributed by atoms with van der Waals surface area (Å²) in [5.74, 6) is 0.194. The molecule has 0 aliphatic carbocycles. The highest BCUT2D eigenvalue weighted by atomic mass is 16.2. The molecule has 0 unspecified atom stereocenters. The number of aryl methyl sites for hydroxylation is 2. The van der Waals surface area contributed by atoms with Crippen LogP contribution in [-0.2, 0) is 17.6 Å². The second kappa shape index (κ2) is 6.93. The van der Waals surface area contributed by atoms with E-state index in [9.17, 15) is 4.79 Å². The van der Waals surface area contributed by atoms with Crippen LogP contribution < -0.4 is 4.90 Å². The molecule has 0 fully saturated rings. The number of benzene rings is 2. The summed E-state index contributed by atoms with van der Waals surface area (Å²) in [6.45, 7) is 0.819. The molecular weight excluding hydrogens is 310 g/mol. The maximum Gasteiger partial charge on any atom is 0.227 e. The first-order valence-corrected chi connectivity index (χ1v) is 8.78. The number of para-hydroxylation sites is 2. The lowest BCUT2D eigenvalue weighted by Gasteiger charge is -2.29. The average molecular weight is 331 g/mol. The summed E-state index contributed by atoms with van der Waals surface area (Å²) in [7, 11) is 0. The number of anilines is 1. The number of carbonyl (C=O) groups excluding carboxylic acids is 1. The zero-order valence-corrected chi connectivity index (χ0v) is 14.1. The second-order valence-corrected chi connectivity index (χ2v) is 6.41. The highest BCUT2D eigenvalue weighted by molar-refractivity contribution is 5.94. The monoisotopic (exact) mass is 331 g/mol. The zero-order valence-electron chi connectivity index (χ0n) is 14.1. The van der Waals surface area contributed by atoms with Crippen molar-refractivity contribution in [2.24, 2.45) is 0 Å². The molecule has 0 saturated heterocycles. The Kier molecular flexibility index (Phi) is 4.34. The van der Waals surface area contributed by atoms with Gasteiger partial charge in [-0.1, -0.05) is 36.4 Å². The highest BCUT2D eigenvalue weighted by Gasteiger charge is 2.21. The van der Waals surface area contributed by atoms with Crippen LogP contribution in [0.15, 0.2) is 67.0 Å². The lowest BCUT2D eigenvalue weighted by molar-refractivity contribution is -0.118. The SMILES string of the molecule is O=C(CCc1cnn(-c2ccccc2)c1)N1CCCc2ccccc21. The largest absolute Gasteiger partial charge is 0.312 e. The van der Waals surface area contributed by atoms with E-state index in [0.717, 1.165) is 36.3 Å². The van der Waals surface area contributed by atoms with Crippen LogP contribution in [0.1, 0.15) is 24.0 Å². The Balaban J connectivity index is 1.42. The minimum Gasteiger partial charge on any atom is -0.312 e. The summed E-state index contributed by atoms with van der Waals surface area (Å²) < 4.78 is 1.86. The number of rotatable bonds is 4. The Labute approximate surface area is 147 Å². The van der Waals surface area contributed by atoms with E-state index in [1.165, 1.54) is 5.56 Å². The topological polar surface area (TPSA) is 38.1 Å². The third-order valence-electron chi connectivity index (χ3n) is 4.70. The first-order chi connectivity index (χ1) is 12.3. The smallest absolute Gasteiger partial charge is 0.227 e. The van der Waals surface area contributed by atoms with Gasteiger partial charge in [0.2, 0.25) is 5.91 Å². The maximum absolute atomic E-state index is 12.7. The number of hydrogen-bond acceptors (Lipinski definition) is 2. The lowest BCUT2D eigenvalue weighted by Crippen LogP contribution is -2.35. The Bertz CT molecular complexity index is 870. The molecule has 0 atom stereocenters. The molecule has 4 nitrogen and oxygen atoms in total.